The van der Waals surface area contributed by atoms with Crippen molar-refractivity contribution in [2.24, 2.45) is 0 Å². The Kier molecular flexibility index (Phi) is 3.38. The van der Waals surface area contributed by atoms with Crippen LogP contribution in [0.2, 0.25) is 0 Å². The van der Waals surface area contributed by atoms with Crippen LogP contribution in [0.3, 0.4) is 0 Å². The molecule has 1 aromatic carbocycles. The van der Waals surface area contributed by atoms with E-state index in [0.717, 1.165) is 31.6 Å². The number of carbonyl (C=O) groups excluding carboxylic acids is 1. The molecule has 2 saturated heterocycles. The van der Waals surface area contributed by atoms with Gasteiger partial charge in [0.2, 0.25) is 0 Å². The van der Waals surface area contributed by atoms with Crippen molar-refractivity contribution in [2.75, 3.05) is 19.6 Å². The van der Waals surface area contributed by atoms with Crippen molar-refractivity contribution in [2.45, 2.75) is 31.8 Å². The molecule has 3 rings (SSSR count). The van der Waals surface area contributed by atoms with E-state index in [4.69, 9.17) is 0 Å². The van der Waals surface area contributed by atoms with Crippen LogP contribution in [0.15, 0.2) is 18.2 Å². The Balaban J connectivity index is 1.84. The standard InChI is InChI=1S/C15H19FN2O2/c1-10-8-17-6-2-3-12(17)9-18(10)15(20)13-7-11(16)4-5-14(13)19/h4-5,7,10,12,19H,2-3,6,8-9H2,1H3. The number of aromatic hydroxyl groups is 1. The average molecular weight is 278 g/mol. The monoisotopic (exact) mass is 278 g/mol. The first-order chi connectivity index (χ1) is 9.56. The molecule has 4 nitrogen and oxygen atoms in total. The quantitative estimate of drug-likeness (QED) is 0.852. The largest absolute Gasteiger partial charge is 0.507 e. The molecule has 20 heavy (non-hydrogen) atoms. The van der Waals surface area contributed by atoms with Gasteiger partial charge in [-0.15, -0.1) is 0 Å². The zero-order valence-electron chi connectivity index (χ0n) is 11.6. The Bertz CT molecular complexity index is 535. The zero-order valence-corrected chi connectivity index (χ0v) is 11.6. The molecule has 0 aliphatic carbocycles. The molecule has 2 atom stereocenters. The third-order valence-electron chi connectivity index (χ3n) is 4.39. The SMILES string of the molecule is CC1CN2CCCC2CN1C(=O)c1cc(F)ccc1O. The fraction of sp³-hybridized carbons (Fsp3) is 0.533. The second kappa shape index (κ2) is 5.05. The van der Waals surface area contributed by atoms with Crippen LogP contribution in [0, 0.1) is 5.82 Å². The van der Waals surface area contributed by atoms with E-state index in [1.807, 2.05) is 6.92 Å². The lowest BCUT2D eigenvalue weighted by atomic mass is 10.1. The van der Waals surface area contributed by atoms with Crippen LogP contribution in [0.25, 0.3) is 0 Å². The predicted octanol–water partition coefficient (Wildman–Crippen LogP) is 1.84. The highest BCUT2D eigenvalue weighted by atomic mass is 19.1. The molecular weight excluding hydrogens is 259 g/mol. The molecule has 2 heterocycles. The Morgan fingerprint density at radius 1 is 1.40 bits per heavy atom. The molecule has 2 unspecified atom stereocenters. The number of hydrogen-bond acceptors (Lipinski definition) is 3. The number of carbonyl (C=O) groups is 1. The van der Waals surface area contributed by atoms with Gasteiger partial charge in [0.15, 0.2) is 0 Å². The normalized spacial score (nSPS) is 26.6. The van der Waals surface area contributed by atoms with Gasteiger partial charge in [0.25, 0.3) is 5.91 Å². The second-order valence-electron chi connectivity index (χ2n) is 5.76. The molecule has 2 aliphatic heterocycles. The van der Waals surface area contributed by atoms with Gasteiger partial charge >= 0.3 is 0 Å². The van der Waals surface area contributed by atoms with Gasteiger partial charge in [-0.2, -0.15) is 0 Å². The summed E-state index contributed by atoms with van der Waals surface area (Å²) < 4.78 is 13.3. The summed E-state index contributed by atoms with van der Waals surface area (Å²) in [4.78, 5) is 16.7. The topological polar surface area (TPSA) is 43.8 Å². The van der Waals surface area contributed by atoms with Gasteiger partial charge in [0, 0.05) is 25.2 Å². The lowest BCUT2D eigenvalue weighted by molar-refractivity contribution is 0.0392. The van der Waals surface area contributed by atoms with Gasteiger partial charge in [-0.25, -0.2) is 4.39 Å². The predicted molar refractivity (Wildman–Crippen MR) is 73.2 cm³/mol. The number of piperazine rings is 1. The van der Waals surface area contributed by atoms with Crippen molar-refractivity contribution >= 4 is 5.91 Å². The van der Waals surface area contributed by atoms with Gasteiger partial charge < -0.3 is 10.0 Å². The lowest BCUT2D eigenvalue weighted by Crippen LogP contribution is -2.56. The lowest BCUT2D eigenvalue weighted by Gasteiger charge is -2.42. The number of rotatable bonds is 1. The maximum Gasteiger partial charge on any atom is 0.258 e. The van der Waals surface area contributed by atoms with E-state index >= 15 is 0 Å². The van der Waals surface area contributed by atoms with Gasteiger partial charge in [-0.1, -0.05) is 0 Å². The smallest absolute Gasteiger partial charge is 0.258 e. The minimum Gasteiger partial charge on any atom is -0.507 e. The van der Waals surface area contributed by atoms with Crippen LogP contribution in [0.1, 0.15) is 30.1 Å². The Hall–Kier alpha value is -1.62. The summed E-state index contributed by atoms with van der Waals surface area (Å²) >= 11 is 0. The molecule has 2 fully saturated rings. The molecule has 2 aliphatic rings. The summed E-state index contributed by atoms with van der Waals surface area (Å²) in [5.41, 5.74) is 0.0586. The summed E-state index contributed by atoms with van der Waals surface area (Å²) in [5, 5.41) is 9.79. The first kappa shape index (κ1) is 13.4. The number of halogens is 1. The zero-order chi connectivity index (χ0) is 14.3. The van der Waals surface area contributed by atoms with Crippen molar-refractivity contribution in [1.29, 1.82) is 0 Å². The van der Waals surface area contributed by atoms with Crippen LogP contribution < -0.4 is 0 Å². The number of nitrogens with zero attached hydrogens (tertiary/aromatic N) is 2. The fourth-order valence-electron chi connectivity index (χ4n) is 3.30. The molecule has 0 saturated carbocycles. The summed E-state index contributed by atoms with van der Waals surface area (Å²) in [5.74, 6) is -0.934. The molecule has 1 aromatic rings. The molecule has 0 aromatic heterocycles. The number of benzene rings is 1. The minimum atomic E-state index is -0.502. The van der Waals surface area contributed by atoms with Gasteiger partial charge in [-0.05, 0) is 44.5 Å². The van der Waals surface area contributed by atoms with E-state index in [1.54, 1.807) is 4.90 Å². The minimum absolute atomic E-state index is 0.0586. The molecule has 5 heteroatoms. The number of phenolic OH excluding ortho intramolecular Hbond substituents is 1. The van der Waals surface area contributed by atoms with E-state index in [1.165, 1.54) is 12.5 Å². The Labute approximate surface area is 117 Å². The summed E-state index contributed by atoms with van der Waals surface area (Å²) in [6.07, 6.45) is 2.27. The maximum absolute atomic E-state index is 13.3. The average Bonchev–Trinajstić information content (AvgIpc) is 2.87. The fourth-order valence-corrected chi connectivity index (χ4v) is 3.30. The van der Waals surface area contributed by atoms with Crippen molar-refractivity contribution in [1.82, 2.24) is 9.80 Å². The van der Waals surface area contributed by atoms with Gasteiger partial charge in [0.1, 0.15) is 11.6 Å². The summed E-state index contributed by atoms with van der Waals surface area (Å²) in [7, 11) is 0. The van der Waals surface area contributed by atoms with Gasteiger partial charge in [0.05, 0.1) is 5.56 Å². The molecular formula is C15H19FN2O2. The van der Waals surface area contributed by atoms with Crippen LogP contribution >= 0.6 is 0 Å². The van der Waals surface area contributed by atoms with Crippen LogP contribution in [-0.4, -0.2) is 52.5 Å². The van der Waals surface area contributed by atoms with E-state index in [2.05, 4.69) is 4.90 Å². The molecule has 108 valence electrons. The molecule has 0 spiro atoms. The maximum atomic E-state index is 13.3. The Morgan fingerprint density at radius 3 is 3.00 bits per heavy atom. The number of hydrogen-bond donors (Lipinski definition) is 1. The van der Waals surface area contributed by atoms with Gasteiger partial charge in [-0.3, -0.25) is 9.69 Å². The van der Waals surface area contributed by atoms with E-state index in [-0.39, 0.29) is 23.3 Å². The highest BCUT2D eigenvalue weighted by molar-refractivity contribution is 5.97. The van der Waals surface area contributed by atoms with E-state index in [9.17, 15) is 14.3 Å². The first-order valence-electron chi connectivity index (χ1n) is 7.10. The van der Waals surface area contributed by atoms with Crippen LogP contribution in [-0.2, 0) is 0 Å². The third-order valence-corrected chi connectivity index (χ3v) is 4.39. The van der Waals surface area contributed by atoms with Crippen molar-refractivity contribution in [3.63, 3.8) is 0 Å². The Morgan fingerprint density at radius 2 is 2.20 bits per heavy atom. The van der Waals surface area contributed by atoms with Crippen LogP contribution in [0.5, 0.6) is 5.75 Å². The first-order valence-corrected chi connectivity index (χ1v) is 7.10. The number of phenols is 1. The van der Waals surface area contributed by atoms with E-state index < -0.39 is 5.82 Å². The number of fused-ring (bicyclic) bond motifs is 1. The molecule has 1 amide bonds. The summed E-state index contributed by atoms with van der Waals surface area (Å²) in [6, 6.07) is 4.00. The molecule has 0 bridgehead atoms. The summed E-state index contributed by atoms with van der Waals surface area (Å²) in [6.45, 7) is 4.62. The van der Waals surface area contributed by atoms with E-state index in [0.29, 0.717) is 12.6 Å². The van der Waals surface area contributed by atoms with Crippen molar-refractivity contribution in [3.05, 3.63) is 29.6 Å². The molecule has 0 radical (unpaired) electrons. The molecule has 1 N–H and O–H groups in total. The van der Waals surface area contributed by atoms with Crippen molar-refractivity contribution < 1.29 is 14.3 Å². The van der Waals surface area contributed by atoms with Crippen molar-refractivity contribution in [3.8, 4) is 5.75 Å². The highest BCUT2D eigenvalue weighted by Crippen LogP contribution is 2.27. The number of amides is 1. The second-order valence-corrected chi connectivity index (χ2v) is 5.76. The third kappa shape index (κ3) is 2.26. The van der Waals surface area contributed by atoms with Crippen LogP contribution in [0.4, 0.5) is 4.39 Å². The highest BCUT2D eigenvalue weighted by Gasteiger charge is 2.37.